The normalized spacial score (nSPS) is 31.2. The first-order valence-corrected chi connectivity index (χ1v) is 3.88. The van der Waals surface area contributed by atoms with Crippen molar-refractivity contribution < 1.29 is 14.3 Å². The lowest BCUT2D eigenvalue weighted by atomic mass is 10.4. The third-order valence-electron chi connectivity index (χ3n) is 1.95. The minimum Gasteiger partial charge on any atom is -0.467 e. The van der Waals surface area contributed by atoms with E-state index in [9.17, 15) is 4.79 Å². The van der Waals surface area contributed by atoms with E-state index in [-0.39, 0.29) is 12.1 Å². The molecule has 0 saturated heterocycles. The molecule has 0 N–H and O–H groups in total. The van der Waals surface area contributed by atoms with Gasteiger partial charge in [-0.05, 0) is 19.3 Å². The zero-order chi connectivity index (χ0) is 8.43. The molecule has 64 valence electrons. The largest absolute Gasteiger partial charge is 0.467 e. The quantitative estimate of drug-likeness (QED) is 0.574. The van der Waals surface area contributed by atoms with Crippen LogP contribution in [0.1, 0.15) is 20.3 Å². The highest BCUT2D eigenvalue weighted by Gasteiger charge is 2.36. The van der Waals surface area contributed by atoms with Crippen molar-refractivity contribution in [2.24, 2.45) is 5.92 Å². The van der Waals surface area contributed by atoms with Gasteiger partial charge in [-0.15, -0.1) is 0 Å². The van der Waals surface area contributed by atoms with Gasteiger partial charge in [0.15, 0.2) is 6.10 Å². The van der Waals surface area contributed by atoms with E-state index in [0.717, 1.165) is 6.42 Å². The van der Waals surface area contributed by atoms with Crippen LogP contribution in [0.3, 0.4) is 0 Å². The van der Waals surface area contributed by atoms with Gasteiger partial charge >= 0.3 is 5.97 Å². The molecule has 3 unspecified atom stereocenters. The first-order chi connectivity index (χ1) is 5.15. The van der Waals surface area contributed by atoms with E-state index in [1.807, 2.05) is 0 Å². The number of hydrogen-bond acceptors (Lipinski definition) is 3. The molecule has 3 heteroatoms. The van der Waals surface area contributed by atoms with Gasteiger partial charge in [0.1, 0.15) is 0 Å². The Labute approximate surface area is 66.7 Å². The number of esters is 1. The van der Waals surface area contributed by atoms with E-state index in [1.54, 1.807) is 6.92 Å². The maximum Gasteiger partial charge on any atom is 0.334 e. The van der Waals surface area contributed by atoms with Crippen LogP contribution in [0, 0.1) is 5.92 Å². The predicted octanol–water partition coefficient (Wildman–Crippen LogP) is 0.973. The van der Waals surface area contributed by atoms with E-state index in [1.165, 1.54) is 7.11 Å². The summed E-state index contributed by atoms with van der Waals surface area (Å²) in [5.74, 6) is 0.325. The van der Waals surface area contributed by atoms with Crippen LogP contribution in [0.4, 0.5) is 0 Å². The van der Waals surface area contributed by atoms with Gasteiger partial charge in [0.05, 0.1) is 13.2 Å². The van der Waals surface area contributed by atoms with Crippen molar-refractivity contribution in [1.29, 1.82) is 0 Å². The van der Waals surface area contributed by atoms with Crippen LogP contribution in [-0.4, -0.2) is 25.3 Å². The average molecular weight is 158 g/mol. The molecule has 1 aliphatic rings. The fourth-order valence-electron chi connectivity index (χ4n) is 0.961. The summed E-state index contributed by atoms with van der Waals surface area (Å²) in [6.45, 7) is 3.82. The molecule has 11 heavy (non-hydrogen) atoms. The summed E-state index contributed by atoms with van der Waals surface area (Å²) in [5, 5.41) is 0. The minimum atomic E-state index is -0.407. The fraction of sp³-hybridized carbons (Fsp3) is 0.875. The summed E-state index contributed by atoms with van der Waals surface area (Å²) < 4.78 is 9.86. The van der Waals surface area contributed by atoms with Gasteiger partial charge in [0.2, 0.25) is 0 Å². The molecule has 0 aromatic rings. The molecule has 0 spiro atoms. The standard InChI is InChI=1S/C8H14O3/c1-5-4-7(5)11-6(2)8(9)10-3/h5-7H,4H2,1-3H3. The second-order valence-corrected chi connectivity index (χ2v) is 3.05. The van der Waals surface area contributed by atoms with Gasteiger partial charge in [-0.2, -0.15) is 0 Å². The molecular weight excluding hydrogens is 144 g/mol. The summed E-state index contributed by atoms with van der Waals surface area (Å²) in [4.78, 5) is 10.8. The van der Waals surface area contributed by atoms with Gasteiger partial charge in [-0.1, -0.05) is 6.92 Å². The lowest BCUT2D eigenvalue weighted by molar-refractivity contribution is -0.153. The zero-order valence-electron chi connectivity index (χ0n) is 7.16. The average Bonchev–Trinajstić information content (AvgIpc) is 2.65. The monoisotopic (exact) mass is 158 g/mol. The van der Waals surface area contributed by atoms with Crippen LogP contribution in [0.2, 0.25) is 0 Å². The highest BCUT2D eigenvalue weighted by molar-refractivity contribution is 5.74. The summed E-state index contributed by atoms with van der Waals surface area (Å²) >= 11 is 0. The Bertz CT molecular complexity index is 155. The molecule has 0 heterocycles. The molecule has 0 amide bonds. The Morgan fingerprint density at radius 3 is 2.55 bits per heavy atom. The first kappa shape index (κ1) is 8.53. The van der Waals surface area contributed by atoms with Crippen LogP contribution in [0.15, 0.2) is 0 Å². The predicted molar refractivity (Wildman–Crippen MR) is 40.1 cm³/mol. The van der Waals surface area contributed by atoms with E-state index < -0.39 is 6.10 Å². The van der Waals surface area contributed by atoms with Crippen LogP contribution in [-0.2, 0) is 14.3 Å². The summed E-state index contributed by atoms with van der Waals surface area (Å²) in [5.41, 5.74) is 0. The Balaban J connectivity index is 2.20. The summed E-state index contributed by atoms with van der Waals surface area (Å²) in [6.07, 6.45) is 0.945. The SMILES string of the molecule is COC(=O)C(C)OC1CC1C. The molecule has 1 rings (SSSR count). The molecule has 0 aromatic carbocycles. The molecule has 0 aromatic heterocycles. The Morgan fingerprint density at radius 1 is 1.64 bits per heavy atom. The van der Waals surface area contributed by atoms with Crippen molar-refractivity contribution in [2.75, 3.05) is 7.11 Å². The van der Waals surface area contributed by atoms with Crippen molar-refractivity contribution in [3.63, 3.8) is 0 Å². The number of carbonyl (C=O) groups excluding carboxylic acids is 1. The first-order valence-electron chi connectivity index (χ1n) is 3.88. The zero-order valence-corrected chi connectivity index (χ0v) is 7.16. The summed E-state index contributed by atoms with van der Waals surface area (Å²) in [6, 6.07) is 0. The van der Waals surface area contributed by atoms with Gasteiger partial charge in [-0.3, -0.25) is 0 Å². The van der Waals surface area contributed by atoms with Gasteiger partial charge in [0.25, 0.3) is 0 Å². The highest BCUT2D eigenvalue weighted by Crippen LogP contribution is 2.33. The number of carbonyl (C=O) groups is 1. The number of ether oxygens (including phenoxy) is 2. The van der Waals surface area contributed by atoms with E-state index in [0.29, 0.717) is 5.92 Å². The molecule has 1 saturated carbocycles. The Kier molecular flexibility index (Phi) is 2.49. The molecule has 3 atom stereocenters. The van der Waals surface area contributed by atoms with Gasteiger partial charge in [-0.25, -0.2) is 4.79 Å². The number of rotatable bonds is 3. The van der Waals surface area contributed by atoms with Crippen molar-refractivity contribution >= 4 is 5.97 Å². The smallest absolute Gasteiger partial charge is 0.334 e. The highest BCUT2D eigenvalue weighted by atomic mass is 16.6. The van der Waals surface area contributed by atoms with Gasteiger partial charge in [0, 0.05) is 0 Å². The summed E-state index contributed by atoms with van der Waals surface area (Å²) in [7, 11) is 1.37. The Hall–Kier alpha value is -0.570. The van der Waals surface area contributed by atoms with E-state index in [2.05, 4.69) is 11.7 Å². The molecule has 1 fully saturated rings. The van der Waals surface area contributed by atoms with Crippen LogP contribution < -0.4 is 0 Å². The topological polar surface area (TPSA) is 35.5 Å². The van der Waals surface area contributed by atoms with Crippen molar-refractivity contribution in [1.82, 2.24) is 0 Å². The molecule has 0 radical (unpaired) electrons. The lowest BCUT2D eigenvalue weighted by Crippen LogP contribution is -2.23. The van der Waals surface area contributed by atoms with Crippen molar-refractivity contribution in [3.8, 4) is 0 Å². The second-order valence-electron chi connectivity index (χ2n) is 3.05. The third kappa shape index (κ3) is 2.19. The maximum atomic E-state index is 10.8. The molecule has 0 bridgehead atoms. The molecule has 1 aliphatic carbocycles. The maximum absolute atomic E-state index is 10.8. The molecule has 3 nitrogen and oxygen atoms in total. The molecule has 0 aliphatic heterocycles. The van der Waals surface area contributed by atoms with Crippen molar-refractivity contribution in [3.05, 3.63) is 0 Å². The van der Waals surface area contributed by atoms with E-state index in [4.69, 9.17) is 4.74 Å². The van der Waals surface area contributed by atoms with Crippen LogP contribution in [0.5, 0.6) is 0 Å². The van der Waals surface area contributed by atoms with Crippen LogP contribution >= 0.6 is 0 Å². The fourth-order valence-corrected chi connectivity index (χ4v) is 0.961. The molecular formula is C8H14O3. The lowest BCUT2D eigenvalue weighted by Gasteiger charge is -2.09. The van der Waals surface area contributed by atoms with Crippen LogP contribution in [0.25, 0.3) is 0 Å². The minimum absolute atomic E-state index is 0.282. The van der Waals surface area contributed by atoms with Gasteiger partial charge < -0.3 is 9.47 Å². The number of methoxy groups -OCH3 is 1. The third-order valence-corrected chi connectivity index (χ3v) is 1.95. The van der Waals surface area contributed by atoms with E-state index >= 15 is 0 Å². The number of hydrogen-bond donors (Lipinski definition) is 0. The second kappa shape index (κ2) is 3.22. The Morgan fingerprint density at radius 2 is 2.18 bits per heavy atom. The van der Waals surface area contributed by atoms with Crippen molar-refractivity contribution in [2.45, 2.75) is 32.5 Å².